The first kappa shape index (κ1) is 18.4. The monoisotopic (exact) mass is 386 g/mol. The Kier molecular flexibility index (Phi) is 5.08. The fraction of sp³-hybridized carbons (Fsp3) is 0.118. The number of anilines is 3. The number of carbonyl (C=O) groups is 2. The summed E-state index contributed by atoms with van der Waals surface area (Å²) in [7, 11) is 3.34. The van der Waals surface area contributed by atoms with Gasteiger partial charge >= 0.3 is 12.1 Å². The minimum Gasteiger partial charge on any atom is -0.495 e. The second-order valence-electron chi connectivity index (χ2n) is 5.65. The van der Waals surface area contributed by atoms with Crippen molar-refractivity contribution in [3.8, 4) is 5.75 Å². The van der Waals surface area contributed by atoms with Gasteiger partial charge in [-0.05, 0) is 30.3 Å². The molecule has 3 rings (SSSR count). The minimum atomic E-state index is -0.719. The number of para-hydroxylation sites is 1. The van der Waals surface area contributed by atoms with Crippen molar-refractivity contribution >= 4 is 53.0 Å². The molecule has 0 saturated carbocycles. The van der Waals surface area contributed by atoms with Crippen molar-refractivity contribution in [1.29, 1.82) is 0 Å². The number of imidazole rings is 1. The molecule has 2 aromatic carbocycles. The SMILES string of the molecule is COc1ccc(NC(N)=O)cc1N(S)C(=O)Nc1cccc2c1ncn2C. The van der Waals surface area contributed by atoms with E-state index in [9.17, 15) is 9.59 Å². The Hall–Kier alpha value is -3.40. The lowest BCUT2D eigenvalue weighted by molar-refractivity contribution is 0.259. The predicted molar refractivity (Wildman–Crippen MR) is 107 cm³/mol. The number of rotatable bonds is 4. The molecule has 0 aliphatic heterocycles. The van der Waals surface area contributed by atoms with E-state index in [0.717, 1.165) is 9.82 Å². The van der Waals surface area contributed by atoms with Crippen LogP contribution in [0.3, 0.4) is 0 Å². The van der Waals surface area contributed by atoms with Crippen LogP contribution in [0.15, 0.2) is 42.7 Å². The van der Waals surface area contributed by atoms with E-state index >= 15 is 0 Å². The number of carbonyl (C=O) groups excluding carboxylic acids is 2. The van der Waals surface area contributed by atoms with Gasteiger partial charge in [-0.3, -0.25) is 0 Å². The second-order valence-corrected chi connectivity index (χ2v) is 6.05. The van der Waals surface area contributed by atoms with Crippen LogP contribution >= 0.6 is 12.8 Å². The normalized spacial score (nSPS) is 10.5. The van der Waals surface area contributed by atoms with Crippen LogP contribution in [0, 0.1) is 0 Å². The van der Waals surface area contributed by atoms with Crippen molar-refractivity contribution in [2.45, 2.75) is 0 Å². The predicted octanol–water partition coefficient (Wildman–Crippen LogP) is 2.96. The molecular weight excluding hydrogens is 368 g/mol. The van der Waals surface area contributed by atoms with E-state index in [-0.39, 0.29) is 0 Å². The number of fused-ring (bicyclic) bond motifs is 1. The standard InChI is InChI=1S/C17H18N6O3S/c1-22-9-19-15-11(4-3-5-12(15)22)21-17(25)23(27)13-8-10(20-16(18)24)6-7-14(13)26-2/h3-9,27H,1-2H3,(H,21,25)(H3,18,20,24). The van der Waals surface area contributed by atoms with Gasteiger partial charge in [0.15, 0.2) is 0 Å². The summed E-state index contributed by atoms with van der Waals surface area (Å²) in [5, 5.41) is 5.22. The van der Waals surface area contributed by atoms with Crippen molar-refractivity contribution in [3.05, 3.63) is 42.7 Å². The van der Waals surface area contributed by atoms with Gasteiger partial charge in [0, 0.05) is 12.7 Å². The van der Waals surface area contributed by atoms with Gasteiger partial charge in [-0.2, -0.15) is 0 Å². The van der Waals surface area contributed by atoms with Crippen LogP contribution in [-0.4, -0.2) is 28.7 Å². The van der Waals surface area contributed by atoms with E-state index in [1.54, 1.807) is 24.5 Å². The second kappa shape index (κ2) is 7.46. The van der Waals surface area contributed by atoms with E-state index < -0.39 is 12.1 Å². The summed E-state index contributed by atoms with van der Waals surface area (Å²) < 4.78 is 8.20. The Balaban J connectivity index is 1.89. The number of nitrogens with zero attached hydrogens (tertiary/aromatic N) is 3. The van der Waals surface area contributed by atoms with Crippen molar-refractivity contribution in [1.82, 2.24) is 9.55 Å². The number of methoxy groups -OCH3 is 1. The maximum Gasteiger partial charge on any atom is 0.336 e. The van der Waals surface area contributed by atoms with E-state index in [2.05, 4.69) is 28.4 Å². The Morgan fingerprint density at radius 2 is 2.04 bits per heavy atom. The van der Waals surface area contributed by atoms with E-state index in [1.165, 1.54) is 13.2 Å². The quantitative estimate of drug-likeness (QED) is 0.516. The number of primary amides is 1. The van der Waals surface area contributed by atoms with Crippen molar-refractivity contribution in [2.24, 2.45) is 12.8 Å². The van der Waals surface area contributed by atoms with Crippen LogP contribution in [0.4, 0.5) is 26.7 Å². The molecule has 140 valence electrons. The number of nitrogens with one attached hydrogen (secondary N) is 2. The van der Waals surface area contributed by atoms with Gasteiger partial charge < -0.3 is 25.7 Å². The lowest BCUT2D eigenvalue weighted by atomic mass is 10.2. The maximum absolute atomic E-state index is 12.7. The summed E-state index contributed by atoms with van der Waals surface area (Å²) in [4.78, 5) is 28.1. The highest BCUT2D eigenvalue weighted by molar-refractivity contribution is 7.82. The fourth-order valence-electron chi connectivity index (χ4n) is 2.61. The first-order valence-corrected chi connectivity index (χ1v) is 8.25. The molecule has 0 fully saturated rings. The van der Waals surface area contributed by atoms with Gasteiger partial charge in [-0.15, -0.1) is 0 Å². The Morgan fingerprint density at radius 3 is 2.74 bits per heavy atom. The molecule has 0 aliphatic carbocycles. The van der Waals surface area contributed by atoms with Crippen LogP contribution in [0.5, 0.6) is 5.75 Å². The number of aromatic nitrogens is 2. The number of hydrogen-bond donors (Lipinski definition) is 4. The third kappa shape index (κ3) is 3.75. The molecule has 0 spiro atoms. The van der Waals surface area contributed by atoms with Crippen molar-refractivity contribution in [2.75, 3.05) is 22.0 Å². The van der Waals surface area contributed by atoms with Gasteiger partial charge in [-0.1, -0.05) is 18.9 Å². The number of benzene rings is 2. The molecule has 4 amide bonds. The lowest BCUT2D eigenvalue weighted by Crippen LogP contribution is -2.27. The molecule has 0 atom stereocenters. The largest absolute Gasteiger partial charge is 0.495 e. The molecule has 27 heavy (non-hydrogen) atoms. The molecule has 0 aliphatic rings. The zero-order valence-corrected chi connectivity index (χ0v) is 15.5. The number of amides is 4. The zero-order valence-electron chi connectivity index (χ0n) is 14.6. The highest BCUT2D eigenvalue weighted by Gasteiger charge is 2.19. The third-order valence-corrected chi connectivity index (χ3v) is 4.26. The maximum atomic E-state index is 12.7. The summed E-state index contributed by atoms with van der Waals surface area (Å²) in [6.45, 7) is 0. The number of urea groups is 2. The summed E-state index contributed by atoms with van der Waals surface area (Å²) in [6.07, 6.45) is 1.67. The van der Waals surface area contributed by atoms with E-state index in [0.29, 0.717) is 28.3 Å². The van der Waals surface area contributed by atoms with Crippen LogP contribution in [0.2, 0.25) is 0 Å². The molecule has 1 heterocycles. The number of aryl methyl sites for hydroxylation is 1. The Bertz CT molecular complexity index is 1020. The highest BCUT2D eigenvalue weighted by Crippen LogP contribution is 2.33. The van der Waals surface area contributed by atoms with Gasteiger partial charge in [0.1, 0.15) is 17.0 Å². The topological polar surface area (TPSA) is 115 Å². The van der Waals surface area contributed by atoms with Crippen LogP contribution in [0.25, 0.3) is 11.0 Å². The van der Waals surface area contributed by atoms with Gasteiger partial charge in [0.2, 0.25) is 0 Å². The number of hydrogen-bond acceptors (Lipinski definition) is 5. The van der Waals surface area contributed by atoms with Crippen LogP contribution in [-0.2, 0) is 7.05 Å². The van der Waals surface area contributed by atoms with E-state index in [4.69, 9.17) is 10.5 Å². The van der Waals surface area contributed by atoms with Crippen molar-refractivity contribution < 1.29 is 14.3 Å². The molecule has 10 heteroatoms. The minimum absolute atomic E-state index is 0.331. The Labute approximate surface area is 160 Å². The van der Waals surface area contributed by atoms with Gasteiger partial charge in [0.05, 0.1) is 24.6 Å². The summed E-state index contributed by atoms with van der Waals surface area (Å²) >= 11 is 4.28. The summed E-state index contributed by atoms with van der Waals surface area (Å²) in [6, 6.07) is 8.94. The van der Waals surface area contributed by atoms with Gasteiger partial charge in [0.25, 0.3) is 0 Å². The molecule has 0 saturated heterocycles. The third-order valence-electron chi connectivity index (χ3n) is 3.86. The molecular formula is C17H18N6O3S. The molecule has 4 N–H and O–H groups in total. The first-order valence-electron chi connectivity index (χ1n) is 7.85. The molecule has 0 unspecified atom stereocenters. The zero-order chi connectivity index (χ0) is 19.6. The summed E-state index contributed by atoms with van der Waals surface area (Å²) in [5.74, 6) is 0.395. The van der Waals surface area contributed by atoms with E-state index in [1.807, 2.05) is 23.7 Å². The van der Waals surface area contributed by atoms with Gasteiger partial charge in [-0.25, -0.2) is 18.9 Å². The molecule has 1 aromatic heterocycles. The summed E-state index contributed by atoms with van der Waals surface area (Å²) in [5.41, 5.74) is 7.95. The highest BCUT2D eigenvalue weighted by atomic mass is 32.1. The van der Waals surface area contributed by atoms with Crippen molar-refractivity contribution in [3.63, 3.8) is 0 Å². The van der Waals surface area contributed by atoms with Crippen LogP contribution < -0.4 is 25.4 Å². The molecule has 9 nitrogen and oxygen atoms in total. The number of ether oxygens (including phenoxy) is 1. The molecule has 0 radical (unpaired) electrons. The smallest absolute Gasteiger partial charge is 0.336 e. The molecule has 0 bridgehead atoms. The first-order chi connectivity index (χ1) is 12.9. The average molecular weight is 386 g/mol. The average Bonchev–Trinajstić information content (AvgIpc) is 3.02. The molecule has 3 aromatic rings. The Morgan fingerprint density at radius 1 is 1.26 bits per heavy atom. The number of thiol groups is 1. The number of nitrogens with two attached hydrogens (primary N) is 1. The lowest BCUT2D eigenvalue weighted by Gasteiger charge is -2.20. The van der Waals surface area contributed by atoms with Crippen LogP contribution in [0.1, 0.15) is 0 Å². The fourth-order valence-corrected chi connectivity index (χ4v) is 2.82.